The van der Waals surface area contributed by atoms with Crippen LogP contribution in [0.2, 0.25) is 0 Å². The van der Waals surface area contributed by atoms with Gasteiger partial charge in [-0.15, -0.1) is 6.58 Å². The molecule has 0 aliphatic rings. The van der Waals surface area contributed by atoms with Gasteiger partial charge in [-0.2, -0.15) is 0 Å². The Kier molecular flexibility index (Phi) is 3.99. The van der Waals surface area contributed by atoms with Crippen LogP contribution in [0, 0.1) is 17.0 Å². The first-order chi connectivity index (χ1) is 7.54. The molecule has 5 nitrogen and oxygen atoms in total. The monoisotopic (exact) mass is 221 g/mol. The molecule has 0 radical (unpaired) electrons. The average molecular weight is 221 g/mol. The topological polar surface area (TPSA) is 68.1 Å². The van der Waals surface area contributed by atoms with Crippen LogP contribution in [0.4, 0.5) is 11.5 Å². The van der Waals surface area contributed by atoms with Gasteiger partial charge in [0.25, 0.3) is 5.69 Å². The number of nitrogens with zero attached hydrogens (tertiary/aromatic N) is 2. The highest BCUT2D eigenvalue weighted by Gasteiger charge is 2.11. The first-order valence-corrected chi connectivity index (χ1v) is 5.03. The van der Waals surface area contributed by atoms with E-state index in [1.165, 1.54) is 6.20 Å². The molecule has 16 heavy (non-hydrogen) atoms. The van der Waals surface area contributed by atoms with Crippen LogP contribution in [0.3, 0.4) is 0 Å². The summed E-state index contributed by atoms with van der Waals surface area (Å²) in [7, 11) is 0. The lowest BCUT2D eigenvalue weighted by molar-refractivity contribution is -0.385. The van der Waals surface area contributed by atoms with Crippen molar-refractivity contribution in [3.63, 3.8) is 0 Å². The molecule has 0 spiro atoms. The Balaban J connectivity index is 2.81. The molecule has 1 heterocycles. The Morgan fingerprint density at radius 2 is 2.44 bits per heavy atom. The van der Waals surface area contributed by atoms with Crippen LogP contribution < -0.4 is 5.32 Å². The first-order valence-electron chi connectivity index (χ1n) is 5.03. The number of hydrogen-bond acceptors (Lipinski definition) is 4. The number of aromatic nitrogens is 1. The average Bonchev–Trinajstić information content (AvgIpc) is 2.17. The molecule has 0 aliphatic carbocycles. The van der Waals surface area contributed by atoms with Crippen molar-refractivity contribution >= 4 is 11.5 Å². The van der Waals surface area contributed by atoms with Gasteiger partial charge in [0.2, 0.25) is 0 Å². The highest BCUT2D eigenvalue weighted by molar-refractivity contribution is 5.47. The summed E-state index contributed by atoms with van der Waals surface area (Å²) >= 11 is 0. The van der Waals surface area contributed by atoms with Gasteiger partial charge in [0, 0.05) is 11.6 Å². The minimum absolute atomic E-state index is 0.0434. The van der Waals surface area contributed by atoms with E-state index in [1.54, 1.807) is 13.0 Å². The van der Waals surface area contributed by atoms with Gasteiger partial charge in [-0.1, -0.05) is 6.08 Å². The third-order valence-corrected chi connectivity index (χ3v) is 2.19. The van der Waals surface area contributed by atoms with E-state index in [0.29, 0.717) is 11.4 Å². The van der Waals surface area contributed by atoms with Gasteiger partial charge < -0.3 is 5.32 Å². The molecule has 5 heteroatoms. The van der Waals surface area contributed by atoms with Gasteiger partial charge in [0.1, 0.15) is 12.0 Å². The fourth-order valence-electron chi connectivity index (χ4n) is 1.38. The van der Waals surface area contributed by atoms with Crippen molar-refractivity contribution in [3.05, 3.63) is 40.6 Å². The quantitative estimate of drug-likeness (QED) is 0.471. The number of anilines is 1. The Labute approximate surface area is 94.4 Å². The molecule has 0 bridgehead atoms. The normalized spacial score (nSPS) is 11.9. The fourth-order valence-corrected chi connectivity index (χ4v) is 1.38. The van der Waals surface area contributed by atoms with Gasteiger partial charge in [0.05, 0.1) is 4.92 Å². The minimum atomic E-state index is -0.431. The number of nitro groups is 1. The van der Waals surface area contributed by atoms with E-state index in [0.717, 1.165) is 6.42 Å². The number of nitrogens with one attached hydrogen (secondary N) is 1. The van der Waals surface area contributed by atoms with E-state index in [9.17, 15) is 10.1 Å². The minimum Gasteiger partial charge on any atom is -0.367 e. The lowest BCUT2D eigenvalue weighted by Gasteiger charge is -2.12. The fraction of sp³-hybridized carbons (Fsp3) is 0.364. The van der Waals surface area contributed by atoms with E-state index in [-0.39, 0.29) is 11.7 Å². The van der Waals surface area contributed by atoms with E-state index in [1.807, 2.05) is 13.0 Å². The largest absolute Gasteiger partial charge is 0.367 e. The Morgan fingerprint density at radius 3 is 2.94 bits per heavy atom. The molecule has 1 aromatic heterocycles. The predicted octanol–water partition coefficient (Wildman–Crippen LogP) is 2.67. The maximum Gasteiger partial charge on any atom is 0.290 e. The number of aryl methyl sites for hydroxylation is 1. The van der Waals surface area contributed by atoms with Crippen molar-refractivity contribution in [1.29, 1.82) is 0 Å². The lowest BCUT2D eigenvalue weighted by Crippen LogP contribution is -2.15. The zero-order chi connectivity index (χ0) is 12.1. The number of hydrogen-bond donors (Lipinski definition) is 1. The summed E-state index contributed by atoms with van der Waals surface area (Å²) in [5, 5.41) is 13.7. The Bertz CT molecular complexity index is 404. The Morgan fingerprint density at radius 1 is 1.75 bits per heavy atom. The van der Waals surface area contributed by atoms with Gasteiger partial charge >= 0.3 is 0 Å². The van der Waals surface area contributed by atoms with E-state index in [4.69, 9.17) is 0 Å². The van der Waals surface area contributed by atoms with Gasteiger partial charge in [-0.05, 0) is 26.3 Å². The van der Waals surface area contributed by atoms with Crippen molar-refractivity contribution in [1.82, 2.24) is 4.98 Å². The molecule has 0 fully saturated rings. The molecule has 1 rings (SSSR count). The van der Waals surface area contributed by atoms with Crippen molar-refractivity contribution < 1.29 is 4.92 Å². The summed E-state index contributed by atoms with van der Waals surface area (Å²) in [5.74, 6) is 0.650. The second kappa shape index (κ2) is 5.25. The van der Waals surface area contributed by atoms with Crippen molar-refractivity contribution in [2.24, 2.45) is 0 Å². The second-order valence-corrected chi connectivity index (χ2v) is 3.68. The second-order valence-electron chi connectivity index (χ2n) is 3.68. The third-order valence-electron chi connectivity index (χ3n) is 2.19. The molecule has 1 unspecified atom stereocenters. The maximum absolute atomic E-state index is 10.6. The van der Waals surface area contributed by atoms with Gasteiger partial charge in [-0.3, -0.25) is 10.1 Å². The molecule has 1 aromatic rings. The lowest BCUT2D eigenvalue weighted by atomic mass is 10.2. The zero-order valence-electron chi connectivity index (χ0n) is 9.43. The SMILES string of the molecule is C=CCC(C)Nc1cc(C)c([N+](=O)[O-])cn1. The number of pyridine rings is 1. The molecule has 0 aliphatic heterocycles. The van der Waals surface area contributed by atoms with Crippen molar-refractivity contribution in [3.8, 4) is 0 Å². The molecule has 1 atom stereocenters. The van der Waals surface area contributed by atoms with Crippen LogP contribution in [0.15, 0.2) is 24.9 Å². The summed E-state index contributed by atoms with van der Waals surface area (Å²) in [4.78, 5) is 14.2. The van der Waals surface area contributed by atoms with Crippen molar-refractivity contribution in [2.45, 2.75) is 26.3 Å². The van der Waals surface area contributed by atoms with Gasteiger partial charge in [0.15, 0.2) is 0 Å². The van der Waals surface area contributed by atoms with E-state index in [2.05, 4.69) is 16.9 Å². The molecule has 0 saturated heterocycles. The van der Waals surface area contributed by atoms with E-state index < -0.39 is 4.92 Å². The van der Waals surface area contributed by atoms with Crippen LogP contribution in [-0.2, 0) is 0 Å². The van der Waals surface area contributed by atoms with Crippen LogP contribution in [0.5, 0.6) is 0 Å². The molecule has 1 N–H and O–H groups in total. The maximum atomic E-state index is 10.6. The third kappa shape index (κ3) is 3.05. The van der Waals surface area contributed by atoms with Crippen LogP contribution in [0.1, 0.15) is 18.9 Å². The molecule has 86 valence electrons. The van der Waals surface area contributed by atoms with E-state index >= 15 is 0 Å². The summed E-state index contributed by atoms with van der Waals surface area (Å²) in [6.45, 7) is 7.35. The number of rotatable bonds is 5. The molecule has 0 amide bonds. The smallest absolute Gasteiger partial charge is 0.290 e. The molecular weight excluding hydrogens is 206 g/mol. The summed E-state index contributed by atoms with van der Waals surface area (Å²) in [6, 6.07) is 1.89. The summed E-state index contributed by atoms with van der Waals surface area (Å²) < 4.78 is 0. The van der Waals surface area contributed by atoms with Crippen LogP contribution >= 0.6 is 0 Å². The van der Waals surface area contributed by atoms with Crippen molar-refractivity contribution in [2.75, 3.05) is 5.32 Å². The molecule has 0 saturated carbocycles. The zero-order valence-corrected chi connectivity index (χ0v) is 9.43. The molecule has 0 aromatic carbocycles. The first kappa shape index (κ1) is 12.2. The van der Waals surface area contributed by atoms with Crippen LogP contribution in [-0.4, -0.2) is 15.9 Å². The van der Waals surface area contributed by atoms with Gasteiger partial charge in [-0.25, -0.2) is 4.98 Å². The molecular formula is C11H15N3O2. The highest BCUT2D eigenvalue weighted by Crippen LogP contribution is 2.19. The summed E-state index contributed by atoms with van der Waals surface area (Å²) in [5.41, 5.74) is 0.648. The van der Waals surface area contributed by atoms with Crippen LogP contribution in [0.25, 0.3) is 0 Å². The highest BCUT2D eigenvalue weighted by atomic mass is 16.6. The predicted molar refractivity (Wildman–Crippen MR) is 63.5 cm³/mol. The summed E-state index contributed by atoms with van der Waals surface area (Å²) in [6.07, 6.45) is 3.91. The Hall–Kier alpha value is -1.91. The standard InChI is InChI=1S/C11H15N3O2/c1-4-5-9(3)13-11-6-8(2)10(7-12-11)14(15)16/h4,6-7,9H,1,5H2,2-3H3,(H,12,13).